The molecule has 0 unspecified atom stereocenters. The number of hydrogen-bond acceptors (Lipinski definition) is 1. The van der Waals surface area contributed by atoms with Gasteiger partial charge < -0.3 is 10.2 Å². The fraction of sp³-hybridized carbons (Fsp3) is 0.316. The minimum Gasteiger partial charge on any atom is -0.346 e. The van der Waals surface area contributed by atoms with Crippen LogP contribution in [0, 0.1) is 13.8 Å². The van der Waals surface area contributed by atoms with Gasteiger partial charge in [-0.15, -0.1) is 0 Å². The maximum atomic E-state index is 12.5. The van der Waals surface area contributed by atoms with Crippen molar-refractivity contribution < 1.29 is 9.69 Å². The van der Waals surface area contributed by atoms with E-state index >= 15 is 0 Å². The lowest BCUT2D eigenvalue weighted by Gasteiger charge is -2.22. The highest BCUT2D eigenvalue weighted by atomic mass is 16.1. The van der Waals surface area contributed by atoms with Crippen LogP contribution in [0.5, 0.6) is 0 Å². The fourth-order valence-electron chi connectivity index (χ4n) is 2.63. The standard InChI is InChI=1S/C19H24N2O/c1-14-9-8-12-17(15(14)2)19(22)20-13-18(21(3)4)16-10-6-5-7-11-16/h5-12,18H,13H2,1-4H3,(H,20,22)/p+1/t18-/m0/s1. The van der Waals surface area contributed by atoms with Crippen molar-refractivity contribution in [2.24, 2.45) is 0 Å². The quantitative estimate of drug-likeness (QED) is 0.868. The Morgan fingerprint density at radius 2 is 1.73 bits per heavy atom. The summed E-state index contributed by atoms with van der Waals surface area (Å²) in [7, 11) is 4.23. The highest BCUT2D eigenvalue weighted by Gasteiger charge is 2.19. The van der Waals surface area contributed by atoms with Crippen LogP contribution in [0.15, 0.2) is 48.5 Å². The van der Waals surface area contributed by atoms with Gasteiger partial charge in [0, 0.05) is 11.1 Å². The van der Waals surface area contributed by atoms with Crippen molar-refractivity contribution in [2.75, 3.05) is 20.6 Å². The van der Waals surface area contributed by atoms with Gasteiger partial charge in [-0.2, -0.15) is 0 Å². The topological polar surface area (TPSA) is 33.5 Å². The molecular weight excluding hydrogens is 272 g/mol. The van der Waals surface area contributed by atoms with Crippen molar-refractivity contribution in [1.29, 1.82) is 0 Å². The molecular formula is C19H25N2O+. The molecule has 0 bridgehead atoms. The van der Waals surface area contributed by atoms with Crippen LogP contribution in [0.3, 0.4) is 0 Å². The number of aryl methyl sites for hydroxylation is 1. The summed E-state index contributed by atoms with van der Waals surface area (Å²) in [4.78, 5) is 13.8. The summed E-state index contributed by atoms with van der Waals surface area (Å²) in [5.74, 6) is 0.00313. The first-order chi connectivity index (χ1) is 10.5. The van der Waals surface area contributed by atoms with Crippen LogP contribution in [0.25, 0.3) is 0 Å². The molecule has 0 aromatic heterocycles. The van der Waals surface area contributed by atoms with Crippen LogP contribution in [-0.4, -0.2) is 26.5 Å². The Kier molecular flexibility index (Phi) is 5.34. The average molecular weight is 297 g/mol. The molecule has 1 amide bonds. The van der Waals surface area contributed by atoms with Crippen molar-refractivity contribution in [3.8, 4) is 0 Å². The summed E-state index contributed by atoms with van der Waals surface area (Å²) in [5, 5.41) is 3.09. The zero-order chi connectivity index (χ0) is 16.1. The third-order valence-corrected chi connectivity index (χ3v) is 4.21. The molecule has 3 nitrogen and oxygen atoms in total. The smallest absolute Gasteiger partial charge is 0.251 e. The third kappa shape index (κ3) is 3.74. The predicted molar refractivity (Wildman–Crippen MR) is 90.2 cm³/mol. The molecule has 0 radical (unpaired) electrons. The van der Waals surface area contributed by atoms with E-state index in [1.807, 2.05) is 50.2 Å². The second kappa shape index (κ2) is 7.23. The Labute approximate surface area is 133 Å². The molecule has 0 aliphatic heterocycles. The number of rotatable bonds is 5. The molecule has 116 valence electrons. The van der Waals surface area contributed by atoms with Gasteiger partial charge in [-0.3, -0.25) is 4.79 Å². The van der Waals surface area contributed by atoms with Gasteiger partial charge in [0.2, 0.25) is 0 Å². The molecule has 2 rings (SSSR count). The molecule has 0 aliphatic rings. The minimum absolute atomic E-state index is 0.00313. The molecule has 0 aliphatic carbocycles. The van der Waals surface area contributed by atoms with Crippen molar-refractivity contribution in [3.63, 3.8) is 0 Å². The monoisotopic (exact) mass is 297 g/mol. The van der Waals surface area contributed by atoms with Gasteiger partial charge in [0.15, 0.2) is 0 Å². The molecule has 1 atom stereocenters. The number of amides is 1. The molecule has 0 fully saturated rings. The van der Waals surface area contributed by atoms with E-state index in [4.69, 9.17) is 0 Å². The zero-order valence-electron chi connectivity index (χ0n) is 13.8. The number of carbonyl (C=O) groups excluding carboxylic acids is 1. The zero-order valence-corrected chi connectivity index (χ0v) is 13.8. The molecule has 0 saturated heterocycles. The van der Waals surface area contributed by atoms with Crippen LogP contribution in [0.1, 0.15) is 33.1 Å². The summed E-state index contributed by atoms with van der Waals surface area (Å²) < 4.78 is 0. The van der Waals surface area contributed by atoms with Gasteiger partial charge in [0.05, 0.1) is 20.6 Å². The Hall–Kier alpha value is -2.13. The summed E-state index contributed by atoms with van der Waals surface area (Å²) in [6.45, 7) is 4.65. The summed E-state index contributed by atoms with van der Waals surface area (Å²) >= 11 is 0. The average Bonchev–Trinajstić information content (AvgIpc) is 2.50. The second-order valence-corrected chi connectivity index (χ2v) is 6.00. The van der Waals surface area contributed by atoms with Crippen molar-refractivity contribution >= 4 is 5.91 Å². The van der Waals surface area contributed by atoms with E-state index in [1.54, 1.807) is 0 Å². The maximum Gasteiger partial charge on any atom is 0.251 e. The first kappa shape index (κ1) is 16.2. The lowest BCUT2D eigenvalue weighted by Crippen LogP contribution is -3.07. The van der Waals surface area contributed by atoms with Crippen molar-refractivity contribution in [1.82, 2.24) is 5.32 Å². The van der Waals surface area contributed by atoms with E-state index in [0.29, 0.717) is 6.54 Å². The number of likely N-dealkylation sites (N-methyl/N-ethyl adjacent to an activating group) is 1. The Morgan fingerprint density at radius 1 is 1.05 bits per heavy atom. The van der Waals surface area contributed by atoms with E-state index in [-0.39, 0.29) is 11.9 Å². The molecule has 22 heavy (non-hydrogen) atoms. The Bertz CT molecular complexity index is 635. The van der Waals surface area contributed by atoms with E-state index in [0.717, 1.165) is 16.7 Å². The Balaban J connectivity index is 2.10. The van der Waals surface area contributed by atoms with Gasteiger partial charge in [0.1, 0.15) is 6.04 Å². The van der Waals surface area contributed by atoms with E-state index in [9.17, 15) is 4.79 Å². The van der Waals surface area contributed by atoms with Gasteiger partial charge >= 0.3 is 0 Å². The summed E-state index contributed by atoms with van der Waals surface area (Å²) in [5.41, 5.74) is 4.20. The lowest BCUT2D eigenvalue weighted by atomic mass is 10.0. The van der Waals surface area contributed by atoms with Crippen LogP contribution in [0.4, 0.5) is 0 Å². The van der Waals surface area contributed by atoms with Crippen LogP contribution >= 0.6 is 0 Å². The SMILES string of the molecule is Cc1cccc(C(=O)NC[C@@H](c2ccccc2)[NH+](C)C)c1C. The number of hydrogen-bond donors (Lipinski definition) is 2. The second-order valence-electron chi connectivity index (χ2n) is 6.00. The highest BCUT2D eigenvalue weighted by molar-refractivity contribution is 5.95. The van der Waals surface area contributed by atoms with Crippen LogP contribution in [-0.2, 0) is 0 Å². The molecule has 2 aromatic carbocycles. The normalized spacial score (nSPS) is 12.2. The van der Waals surface area contributed by atoms with E-state index < -0.39 is 0 Å². The molecule has 2 aromatic rings. The first-order valence-corrected chi connectivity index (χ1v) is 7.70. The molecule has 0 heterocycles. The number of quaternary nitrogens is 1. The highest BCUT2D eigenvalue weighted by Crippen LogP contribution is 2.13. The Morgan fingerprint density at radius 3 is 2.36 bits per heavy atom. The van der Waals surface area contributed by atoms with Gasteiger partial charge in [-0.05, 0) is 31.0 Å². The largest absolute Gasteiger partial charge is 0.346 e. The molecule has 2 N–H and O–H groups in total. The van der Waals surface area contributed by atoms with Crippen LogP contribution < -0.4 is 10.2 Å². The van der Waals surface area contributed by atoms with Gasteiger partial charge in [-0.25, -0.2) is 0 Å². The lowest BCUT2D eigenvalue weighted by molar-refractivity contribution is -0.890. The molecule has 0 spiro atoms. The summed E-state index contributed by atoms with van der Waals surface area (Å²) in [6, 6.07) is 16.4. The van der Waals surface area contributed by atoms with Crippen LogP contribution in [0.2, 0.25) is 0 Å². The fourth-order valence-corrected chi connectivity index (χ4v) is 2.63. The van der Waals surface area contributed by atoms with E-state index in [2.05, 4.69) is 31.5 Å². The molecule has 3 heteroatoms. The first-order valence-electron chi connectivity index (χ1n) is 7.70. The number of benzene rings is 2. The summed E-state index contributed by atoms with van der Waals surface area (Å²) in [6.07, 6.45) is 0. The predicted octanol–water partition coefficient (Wildman–Crippen LogP) is 1.92. The third-order valence-electron chi connectivity index (χ3n) is 4.21. The number of nitrogens with one attached hydrogen (secondary N) is 2. The van der Waals surface area contributed by atoms with Crippen molar-refractivity contribution in [3.05, 3.63) is 70.8 Å². The maximum absolute atomic E-state index is 12.5. The van der Waals surface area contributed by atoms with Crippen molar-refractivity contribution in [2.45, 2.75) is 19.9 Å². The number of carbonyl (C=O) groups is 1. The van der Waals surface area contributed by atoms with Gasteiger partial charge in [-0.1, -0.05) is 42.5 Å². The van der Waals surface area contributed by atoms with E-state index in [1.165, 1.54) is 10.5 Å². The molecule has 0 saturated carbocycles. The minimum atomic E-state index is 0.00313. The van der Waals surface area contributed by atoms with Gasteiger partial charge in [0.25, 0.3) is 5.91 Å².